The number of hydrogen-bond acceptors (Lipinski definition) is 3. The minimum atomic E-state index is -0.0955. The fourth-order valence-electron chi connectivity index (χ4n) is 2.03. The highest BCUT2D eigenvalue weighted by Crippen LogP contribution is 2.26. The highest BCUT2D eigenvalue weighted by molar-refractivity contribution is 5.84. The molecule has 3 nitrogen and oxygen atoms in total. The van der Waals surface area contributed by atoms with Crippen LogP contribution < -0.4 is 4.74 Å². The van der Waals surface area contributed by atoms with Crippen LogP contribution in [0.3, 0.4) is 0 Å². The summed E-state index contributed by atoms with van der Waals surface area (Å²) in [5.74, 6) is 0.727. The lowest BCUT2D eigenvalue weighted by Crippen LogP contribution is -1.98. The Bertz CT molecular complexity index is 537. The molecule has 0 saturated heterocycles. The molecule has 0 spiro atoms. The maximum absolute atomic E-state index is 12.2. The van der Waals surface area contributed by atoms with Gasteiger partial charge in [0.25, 0.3) is 0 Å². The summed E-state index contributed by atoms with van der Waals surface area (Å²) in [7, 11) is 1.60. The highest BCUT2D eigenvalue weighted by Gasteiger charge is 2.09. The Balaban J connectivity index is 2.58. The first-order valence-corrected chi connectivity index (χ1v) is 5.77. The molecule has 18 heavy (non-hydrogen) atoms. The third-order valence-corrected chi connectivity index (χ3v) is 2.95. The molecule has 1 heterocycles. The number of benzene rings is 1. The first-order valence-electron chi connectivity index (χ1n) is 5.77. The standard InChI is InChI=1S/C14H15FNO2/c1-18-11-4-5-14-13(7-11)12(3-2-6-15)10(9-17)8-16-14/h4-8,17H,2-3,9H2,1H3. The van der Waals surface area contributed by atoms with Crippen LogP contribution in [0.4, 0.5) is 4.39 Å². The predicted octanol–water partition coefficient (Wildman–Crippen LogP) is 2.80. The van der Waals surface area contributed by atoms with E-state index in [0.717, 1.165) is 27.8 Å². The number of hydrogen-bond donors (Lipinski definition) is 1. The van der Waals surface area contributed by atoms with E-state index in [4.69, 9.17) is 4.74 Å². The Hall–Kier alpha value is -1.68. The molecule has 0 amide bonds. The van der Waals surface area contributed by atoms with E-state index in [1.54, 1.807) is 13.3 Å². The van der Waals surface area contributed by atoms with Crippen LogP contribution in [0.1, 0.15) is 17.5 Å². The van der Waals surface area contributed by atoms with Gasteiger partial charge in [-0.15, -0.1) is 0 Å². The topological polar surface area (TPSA) is 42.4 Å². The Morgan fingerprint density at radius 1 is 1.44 bits per heavy atom. The molecule has 1 aromatic carbocycles. The number of pyridine rings is 1. The van der Waals surface area contributed by atoms with Gasteiger partial charge in [-0.05, 0) is 42.2 Å². The van der Waals surface area contributed by atoms with Crippen molar-refractivity contribution in [3.8, 4) is 5.75 Å². The van der Waals surface area contributed by atoms with Crippen molar-refractivity contribution in [2.24, 2.45) is 0 Å². The van der Waals surface area contributed by atoms with Crippen molar-refractivity contribution >= 4 is 10.9 Å². The second-order valence-electron chi connectivity index (χ2n) is 4.00. The van der Waals surface area contributed by atoms with Gasteiger partial charge in [0.2, 0.25) is 0 Å². The summed E-state index contributed by atoms with van der Waals surface area (Å²) in [5.41, 5.74) is 2.48. The van der Waals surface area contributed by atoms with E-state index in [-0.39, 0.29) is 6.61 Å². The van der Waals surface area contributed by atoms with Gasteiger partial charge in [-0.3, -0.25) is 4.98 Å². The van der Waals surface area contributed by atoms with Crippen molar-refractivity contribution in [1.82, 2.24) is 4.98 Å². The Morgan fingerprint density at radius 2 is 2.28 bits per heavy atom. The van der Waals surface area contributed by atoms with Crippen LogP contribution in [0.25, 0.3) is 10.9 Å². The zero-order valence-electron chi connectivity index (χ0n) is 10.2. The van der Waals surface area contributed by atoms with Crippen molar-refractivity contribution < 1.29 is 14.2 Å². The molecule has 4 heteroatoms. The number of ether oxygens (including phenoxy) is 1. The van der Waals surface area contributed by atoms with E-state index in [1.807, 2.05) is 18.2 Å². The van der Waals surface area contributed by atoms with Crippen LogP contribution in [0.2, 0.25) is 0 Å². The van der Waals surface area contributed by atoms with Crippen molar-refractivity contribution in [1.29, 1.82) is 0 Å². The zero-order valence-corrected chi connectivity index (χ0v) is 10.2. The number of fused-ring (bicyclic) bond motifs is 1. The number of halogens is 1. The van der Waals surface area contributed by atoms with Crippen molar-refractivity contribution in [2.75, 3.05) is 7.11 Å². The molecule has 1 N–H and O–H groups in total. The molecule has 0 atom stereocenters. The SMILES string of the molecule is COc1ccc2ncc(CO)c(CC[CH]F)c2c1. The van der Waals surface area contributed by atoms with Crippen molar-refractivity contribution in [3.05, 3.63) is 42.2 Å². The number of aromatic nitrogens is 1. The van der Waals surface area contributed by atoms with Crippen LogP contribution >= 0.6 is 0 Å². The van der Waals surface area contributed by atoms with E-state index < -0.39 is 0 Å². The summed E-state index contributed by atoms with van der Waals surface area (Å²) in [4.78, 5) is 4.28. The second-order valence-corrected chi connectivity index (χ2v) is 4.00. The molecule has 0 aliphatic rings. The summed E-state index contributed by atoms with van der Waals surface area (Å²) in [6.07, 6.45) is 2.50. The van der Waals surface area contributed by atoms with Gasteiger partial charge in [0.1, 0.15) is 12.4 Å². The third kappa shape index (κ3) is 2.43. The molecule has 0 fully saturated rings. The zero-order chi connectivity index (χ0) is 13.0. The second kappa shape index (κ2) is 5.78. The predicted molar refractivity (Wildman–Crippen MR) is 67.9 cm³/mol. The van der Waals surface area contributed by atoms with Gasteiger partial charge < -0.3 is 9.84 Å². The Morgan fingerprint density at radius 3 is 2.94 bits per heavy atom. The Labute approximate surface area is 105 Å². The van der Waals surface area contributed by atoms with Gasteiger partial charge in [0.05, 0.1) is 19.2 Å². The molecule has 0 unspecified atom stereocenters. The molecular weight excluding hydrogens is 233 g/mol. The summed E-state index contributed by atoms with van der Waals surface area (Å²) in [5, 5.41) is 10.2. The molecule has 95 valence electrons. The Kier molecular flexibility index (Phi) is 4.10. The summed E-state index contributed by atoms with van der Waals surface area (Å²) in [6, 6.07) is 5.56. The molecular formula is C14H15FNO2. The maximum atomic E-state index is 12.2. The molecule has 0 aliphatic carbocycles. The number of aliphatic hydroxyl groups is 1. The van der Waals surface area contributed by atoms with Gasteiger partial charge in [-0.1, -0.05) is 0 Å². The highest BCUT2D eigenvalue weighted by atomic mass is 19.1. The smallest absolute Gasteiger partial charge is 0.131 e. The lowest BCUT2D eigenvalue weighted by molar-refractivity contribution is 0.280. The van der Waals surface area contributed by atoms with Gasteiger partial charge in [-0.2, -0.15) is 0 Å². The first-order chi connectivity index (χ1) is 8.80. The van der Waals surface area contributed by atoms with Crippen molar-refractivity contribution in [3.63, 3.8) is 0 Å². The van der Waals surface area contributed by atoms with Gasteiger partial charge >= 0.3 is 0 Å². The van der Waals surface area contributed by atoms with Crippen LogP contribution in [0, 0.1) is 6.67 Å². The molecule has 1 radical (unpaired) electrons. The molecule has 1 aromatic heterocycles. The monoisotopic (exact) mass is 248 g/mol. The molecule has 2 rings (SSSR count). The number of methoxy groups -OCH3 is 1. The first kappa shape index (κ1) is 12.8. The normalized spacial score (nSPS) is 10.8. The molecule has 0 aliphatic heterocycles. The molecule has 0 bridgehead atoms. The van der Waals surface area contributed by atoms with Gasteiger partial charge in [-0.25, -0.2) is 4.39 Å². The van der Waals surface area contributed by atoms with Crippen molar-refractivity contribution in [2.45, 2.75) is 19.4 Å². The summed E-state index contributed by atoms with van der Waals surface area (Å²) in [6.45, 7) is 0.537. The van der Waals surface area contributed by atoms with Crippen LogP contribution in [0.15, 0.2) is 24.4 Å². The number of aliphatic hydroxyl groups excluding tert-OH is 1. The lowest BCUT2D eigenvalue weighted by Gasteiger charge is -2.11. The van der Waals surface area contributed by atoms with E-state index in [9.17, 15) is 9.50 Å². The van der Waals surface area contributed by atoms with Gasteiger partial charge in [0.15, 0.2) is 0 Å². The van der Waals surface area contributed by atoms with Gasteiger partial charge in [0, 0.05) is 11.6 Å². The third-order valence-electron chi connectivity index (χ3n) is 2.95. The number of aryl methyl sites for hydroxylation is 1. The molecule has 0 saturated carbocycles. The fourth-order valence-corrected chi connectivity index (χ4v) is 2.03. The van der Waals surface area contributed by atoms with Crippen LogP contribution in [-0.2, 0) is 13.0 Å². The largest absolute Gasteiger partial charge is 0.497 e. The minimum Gasteiger partial charge on any atom is -0.497 e. The van der Waals surface area contributed by atoms with Crippen LogP contribution in [0.5, 0.6) is 5.75 Å². The fraction of sp³-hybridized carbons (Fsp3) is 0.286. The van der Waals surface area contributed by atoms with E-state index in [1.165, 1.54) is 0 Å². The minimum absolute atomic E-state index is 0.0955. The average molecular weight is 248 g/mol. The van der Waals surface area contributed by atoms with Crippen LogP contribution in [-0.4, -0.2) is 17.2 Å². The lowest BCUT2D eigenvalue weighted by atomic mass is 9.99. The average Bonchev–Trinajstić information content (AvgIpc) is 2.43. The van der Waals surface area contributed by atoms with E-state index in [0.29, 0.717) is 19.5 Å². The quantitative estimate of drug-likeness (QED) is 0.884. The maximum Gasteiger partial charge on any atom is 0.131 e. The van der Waals surface area contributed by atoms with E-state index in [2.05, 4.69) is 4.98 Å². The number of rotatable bonds is 5. The summed E-state index contributed by atoms with van der Waals surface area (Å²) >= 11 is 0. The number of nitrogens with zero attached hydrogens (tertiary/aromatic N) is 1. The molecule has 2 aromatic rings. The summed E-state index contributed by atoms with van der Waals surface area (Å²) < 4.78 is 17.4. The van der Waals surface area contributed by atoms with E-state index >= 15 is 0 Å².